The molecule has 0 saturated heterocycles. The Kier molecular flexibility index (Phi) is 4.81. The summed E-state index contributed by atoms with van der Waals surface area (Å²) in [5, 5.41) is 3.49. The maximum Gasteiger partial charge on any atom is 0.290 e. The Morgan fingerprint density at radius 2 is 1.90 bits per heavy atom. The maximum atomic E-state index is 12.1. The van der Waals surface area contributed by atoms with Gasteiger partial charge in [-0.15, -0.1) is 0 Å². The summed E-state index contributed by atoms with van der Waals surface area (Å²) in [7, 11) is 3.96. The van der Waals surface area contributed by atoms with Crippen LogP contribution < -0.4 is 14.8 Å². The van der Waals surface area contributed by atoms with Crippen molar-refractivity contribution in [2.75, 3.05) is 24.3 Å². The molecule has 1 heterocycles. The highest BCUT2D eigenvalue weighted by atomic mass is 35.5. The first-order chi connectivity index (χ1) is 9.95. The molecule has 1 amide bonds. The number of pyridine rings is 1. The molecule has 0 fully saturated rings. The van der Waals surface area contributed by atoms with Crippen LogP contribution >= 0.6 is 11.6 Å². The van der Waals surface area contributed by atoms with Gasteiger partial charge in [-0.1, -0.05) is 17.7 Å². The zero-order valence-corrected chi connectivity index (χ0v) is 13.2. The first kappa shape index (κ1) is 15.3. The third-order valence-electron chi connectivity index (χ3n) is 3.19. The van der Waals surface area contributed by atoms with E-state index in [1.807, 2.05) is 61.1 Å². The fourth-order valence-corrected chi connectivity index (χ4v) is 2.11. The van der Waals surface area contributed by atoms with Crippen LogP contribution in [0.4, 0.5) is 11.4 Å². The fraction of sp³-hybridized carbons (Fsp3) is 0.250. The Morgan fingerprint density at radius 1 is 1.24 bits per heavy atom. The second kappa shape index (κ2) is 6.59. The molecular formula is C16H19ClN3O+. The van der Waals surface area contributed by atoms with Gasteiger partial charge in [0.1, 0.15) is 0 Å². The lowest BCUT2D eigenvalue weighted by Gasteiger charge is -2.10. The van der Waals surface area contributed by atoms with Crippen molar-refractivity contribution in [3.8, 4) is 0 Å². The number of hydrogen-bond acceptors (Lipinski definition) is 2. The second-order valence-corrected chi connectivity index (χ2v) is 5.57. The van der Waals surface area contributed by atoms with Gasteiger partial charge in [0, 0.05) is 42.6 Å². The Bertz CT molecular complexity index is 638. The van der Waals surface area contributed by atoms with Crippen LogP contribution in [0, 0.1) is 6.92 Å². The van der Waals surface area contributed by atoms with Crippen molar-refractivity contribution < 1.29 is 9.36 Å². The molecule has 0 unspecified atom stereocenters. The number of nitrogens with zero attached hydrogens (tertiary/aromatic N) is 2. The van der Waals surface area contributed by atoms with Crippen LogP contribution in [0.25, 0.3) is 0 Å². The zero-order valence-electron chi connectivity index (χ0n) is 12.4. The van der Waals surface area contributed by atoms with Gasteiger partial charge in [-0.05, 0) is 24.6 Å². The van der Waals surface area contributed by atoms with E-state index in [0.717, 1.165) is 16.9 Å². The number of amides is 1. The average molecular weight is 305 g/mol. The molecule has 0 aliphatic heterocycles. The van der Waals surface area contributed by atoms with E-state index in [4.69, 9.17) is 11.6 Å². The number of carbonyl (C=O) groups excluding carboxylic acids is 1. The average Bonchev–Trinajstić information content (AvgIpc) is 2.43. The largest absolute Gasteiger partial charge is 0.377 e. The molecule has 0 spiro atoms. The monoisotopic (exact) mass is 304 g/mol. The summed E-state index contributed by atoms with van der Waals surface area (Å²) in [6, 6.07) is 9.39. The van der Waals surface area contributed by atoms with E-state index in [2.05, 4.69) is 5.32 Å². The Hall–Kier alpha value is -2.07. The van der Waals surface area contributed by atoms with Gasteiger partial charge in [0.2, 0.25) is 6.54 Å². The van der Waals surface area contributed by atoms with E-state index in [-0.39, 0.29) is 12.5 Å². The molecule has 0 radical (unpaired) electrons. The zero-order chi connectivity index (χ0) is 15.4. The molecule has 1 aromatic carbocycles. The minimum atomic E-state index is -0.0806. The van der Waals surface area contributed by atoms with E-state index >= 15 is 0 Å². The molecule has 1 aromatic heterocycles. The Labute approximate surface area is 130 Å². The van der Waals surface area contributed by atoms with Crippen LogP contribution in [0.3, 0.4) is 0 Å². The van der Waals surface area contributed by atoms with Gasteiger partial charge in [-0.2, -0.15) is 4.57 Å². The van der Waals surface area contributed by atoms with Crippen molar-refractivity contribution in [2.45, 2.75) is 13.5 Å². The number of halogens is 1. The van der Waals surface area contributed by atoms with Crippen molar-refractivity contribution in [2.24, 2.45) is 0 Å². The van der Waals surface area contributed by atoms with E-state index in [1.165, 1.54) is 0 Å². The minimum absolute atomic E-state index is 0.0806. The molecule has 21 heavy (non-hydrogen) atoms. The first-order valence-corrected chi connectivity index (χ1v) is 7.06. The number of nitrogens with one attached hydrogen (secondary N) is 1. The van der Waals surface area contributed by atoms with E-state index in [0.29, 0.717) is 5.02 Å². The van der Waals surface area contributed by atoms with Gasteiger partial charge in [0.15, 0.2) is 12.4 Å². The number of carbonyl (C=O) groups is 1. The molecule has 1 N–H and O–H groups in total. The lowest BCUT2D eigenvalue weighted by atomic mass is 10.2. The Balaban J connectivity index is 2.03. The number of hydrogen-bond donors (Lipinski definition) is 1. The number of rotatable bonds is 4. The summed E-state index contributed by atoms with van der Waals surface area (Å²) in [6.45, 7) is 2.20. The molecule has 5 heteroatoms. The van der Waals surface area contributed by atoms with Crippen LogP contribution in [0.1, 0.15) is 5.56 Å². The summed E-state index contributed by atoms with van der Waals surface area (Å²) < 4.78 is 1.84. The van der Waals surface area contributed by atoms with E-state index in [9.17, 15) is 4.79 Å². The second-order valence-electron chi connectivity index (χ2n) is 5.13. The molecule has 0 aliphatic carbocycles. The van der Waals surface area contributed by atoms with Gasteiger partial charge < -0.3 is 10.2 Å². The molecule has 2 rings (SSSR count). The number of aromatic nitrogens is 1. The predicted octanol–water partition coefficient (Wildman–Crippen LogP) is 2.64. The topological polar surface area (TPSA) is 36.2 Å². The summed E-state index contributed by atoms with van der Waals surface area (Å²) in [6.07, 6.45) is 3.78. The van der Waals surface area contributed by atoms with Crippen molar-refractivity contribution in [1.29, 1.82) is 0 Å². The number of benzene rings is 1. The summed E-state index contributed by atoms with van der Waals surface area (Å²) >= 11 is 5.95. The molecule has 0 atom stereocenters. The molecule has 4 nitrogen and oxygen atoms in total. The molecule has 2 aromatic rings. The third kappa shape index (κ3) is 4.20. The van der Waals surface area contributed by atoms with Crippen molar-refractivity contribution in [1.82, 2.24) is 0 Å². The number of anilines is 2. The Morgan fingerprint density at radius 3 is 2.52 bits per heavy atom. The van der Waals surface area contributed by atoms with Crippen LogP contribution in [-0.2, 0) is 11.3 Å². The predicted molar refractivity (Wildman–Crippen MR) is 85.8 cm³/mol. The van der Waals surface area contributed by atoms with Crippen LogP contribution in [-0.4, -0.2) is 20.0 Å². The molecule has 110 valence electrons. The lowest BCUT2D eigenvalue weighted by molar-refractivity contribution is -0.684. The molecule has 0 bridgehead atoms. The van der Waals surface area contributed by atoms with Crippen molar-refractivity contribution >= 4 is 28.9 Å². The molecular weight excluding hydrogens is 286 g/mol. The first-order valence-electron chi connectivity index (χ1n) is 6.68. The molecule has 0 aliphatic rings. The normalized spacial score (nSPS) is 10.3. The fourth-order valence-electron chi connectivity index (χ4n) is 1.94. The standard InChI is InChI=1S/C16H18ClN3O/c1-12-4-5-13(17)10-15(12)18-16(21)11-20-8-6-14(7-9-20)19(2)3/h4-10H,11H2,1-3H3/p+1. The van der Waals surface area contributed by atoms with Crippen molar-refractivity contribution in [3.63, 3.8) is 0 Å². The van der Waals surface area contributed by atoms with Crippen molar-refractivity contribution in [3.05, 3.63) is 53.3 Å². The van der Waals surface area contributed by atoms with Crippen LogP contribution in [0.2, 0.25) is 5.02 Å². The SMILES string of the molecule is Cc1ccc(Cl)cc1NC(=O)C[n+]1ccc(N(C)C)cc1. The summed E-state index contributed by atoms with van der Waals surface area (Å²) in [5.74, 6) is -0.0806. The minimum Gasteiger partial charge on any atom is -0.377 e. The van der Waals surface area contributed by atoms with Gasteiger partial charge >= 0.3 is 0 Å². The highest BCUT2D eigenvalue weighted by molar-refractivity contribution is 6.31. The highest BCUT2D eigenvalue weighted by Crippen LogP contribution is 2.19. The van der Waals surface area contributed by atoms with Crippen LogP contribution in [0.5, 0.6) is 0 Å². The molecule has 0 saturated carbocycles. The van der Waals surface area contributed by atoms with E-state index < -0.39 is 0 Å². The summed E-state index contributed by atoms with van der Waals surface area (Å²) in [4.78, 5) is 14.1. The van der Waals surface area contributed by atoms with Gasteiger partial charge in [0.25, 0.3) is 5.91 Å². The van der Waals surface area contributed by atoms with Gasteiger partial charge in [-0.25, -0.2) is 0 Å². The summed E-state index contributed by atoms with van der Waals surface area (Å²) in [5.41, 5.74) is 2.83. The number of aryl methyl sites for hydroxylation is 1. The smallest absolute Gasteiger partial charge is 0.290 e. The third-order valence-corrected chi connectivity index (χ3v) is 3.42. The quantitative estimate of drug-likeness (QED) is 0.882. The van der Waals surface area contributed by atoms with Gasteiger partial charge in [0.05, 0.1) is 0 Å². The lowest BCUT2D eigenvalue weighted by Crippen LogP contribution is -2.39. The van der Waals surface area contributed by atoms with E-state index in [1.54, 1.807) is 12.1 Å². The highest BCUT2D eigenvalue weighted by Gasteiger charge is 2.11. The van der Waals surface area contributed by atoms with Gasteiger partial charge in [-0.3, -0.25) is 4.79 Å². The van der Waals surface area contributed by atoms with Crippen LogP contribution in [0.15, 0.2) is 42.7 Å². The maximum absolute atomic E-state index is 12.1.